The van der Waals surface area contributed by atoms with Crippen LogP contribution in [0.15, 0.2) is 83.2 Å². The third kappa shape index (κ3) is 7.29. The Morgan fingerprint density at radius 1 is 1.00 bits per heavy atom. The van der Waals surface area contributed by atoms with Crippen LogP contribution < -0.4 is 9.47 Å². The summed E-state index contributed by atoms with van der Waals surface area (Å²) in [4.78, 5) is 27.6. The summed E-state index contributed by atoms with van der Waals surface area (Å²) in [6.07, 6.45) is 2.08. The van der Waals surface area contributed by atoms with Crippen molar-refractivity contribution in [3.05, 3.63) is 95.3 Å². The molecule has 8 nitrogen and oxygen atoms in total. The predicted octanol–water partition coefficient (Wildman–Crippen LogP) is 8.89. The standard InChI is InChI=1S/C37H38N4O4S2/c1-36(2,3)47-32-28-17-27(45-21-26-16-15-24-9-7-8-10-29(24)39-26)19-38-33(28)41(31(32)18-37(4,5)34(42)43)20-23-11-13-25(14-12-23)30-22-46-35(40-30)44-6/h7-17,19,22H,18,20-21H2,1-6H3,(H,42,43). The summed E-state index contributed by atoms with van der Waals surface area (Å²) in [5.41, 5.74) is 5.43. The second-order valence-electron chi connectivity index (χ2n) is 13.2. The minimum Gasteiger partial charge on any atom is -0.486 e. The molecule has 10 heteroatoms. The molecule has 0 atom stereocenters. The van der Waals surface area contributed by atoms with Gasteiger partial charge in [-0.3, -0.25) is 4.79 Å². The van der Waals surface area contributed by atoms with Crippen molar-refractivity contribution in [2.75, 3.05) is 7.11 Å². The van der Waals surface area contributed by atoms with E-state index in [9.17, 15) is 9.90 Å². The van der Waals surface area contributed by atoms with Gasteiger partial charge in [0.2, 0.25) is 0 Å². The average molecular weight is 667 g/mol. The molecule has 0 unspecified atom stereocenters. The van der Waals surface area contributed by atoms with Gasteiger partial charge in [-0.2, -0.15) is 0 Å². The summed E-state index contributed by atoms with van der Waals surface area (Å²) < 4.78 is 13.6. The Morgan fingerprint density at radius 3 is 2.47 bits per heavy atom. The molecule has 0 aliphatic heterocycles. The molecule has 0 aliphatic carbocycles. The molecular weight excluding hydrogens is 629 g/mol. The van der Waals surface area contributed by atoms with E-state index in [-0.39, 0.29) is 4.75 Å². The molecule has 0 fully saturated rings. The largest absolute Gasteiger partial charge is 0.486 e. The highest BCUT2D eigenvalue weighted by Gasteiger charge is 2.33. The molecule has 0 spiro atoms. The van der Waals surface area contributed by atoms with E-state index in [4.69, 9.17) is 19.4 Å². The molecule has 4 heterocycles. The first-order chi connectivity index (χ1) is 22.4. The molecule has 242 valence electrons. The number of rotatable bonds is 11. The van der Waals surface area contributed by atoms with Crippen molar-refractivity contribution in [2.45, 2.75) is 63.8 Å². The van der Waals surface area contributed by atoms with Crippen LogP contribution in [0.2, 0.25) is 0 Å². The first-order valence-corrected chi connectivity index (χ1v) is 17.1. The molecular formula is C37H38N4O4S2. The Hall–Kier alpha value is -4.41. The number of aliphatic carboxylic acids is 1. The Labute approximate surface area is 282 Å². The van der Waals surface area contributed by atoms with E-state index in [2.05, 4.69) is 60.7 Å². The number of thioether (sulfide) groups is 1. The molecule has 2 aromatic carbocycles. The normalized spacial score (nSPS) is 12.1. The third-order valence-corrected chi connectivity index (χ3v) is 9.89. The van der Waals surface area contributed by atoms with Crippen molar-refractivity contribution in [1.82, 2.24) is 19.5 Å². The smallest absolute Gasteiger partial charge is 0.309 e. The molecule has 0 saturated carbocycles. The first kappa shape index (κ1) is 32.5. The predicted molar refractivity (Wildman–Crippen MR) is 190 cm³/mol. The van der Waals surface area contributed by atoms with Gasteiger partial charge in [0.15, 0.2) is 0 Å². The monoisotopic (exact) mass is 666 g/mol. The van der Waals surface area contributed by atoms with Gasteiger partial charge in [0.1, 0.15) is 18.0 Å². The first-order valence-electron chi connectivity index (χ1n) is 15.4. The van der Waals surface area contributed by atoms with Crippen molar-refractivity contribution in [1.29, 1.82) is 0 Å². The average Bonchev–Trinajstić information content (AvgIpc) is 3.63. The lowest BCUT2D eigenvalue weighted by Gasteiger charge is -2.24. The van der Waals surface area contributed by atoms with Crippen LogP contribution >= 0.6 is 23.1 Å². The minimum absolute atomic E-state index is 0.136. The zero-order valence-corrected chi connectivity index (χ0v) is 29.0. The van der Waals surface area contributed by atoms with Crippen LogP contribution in [0.4, 0.5) is 0 Å². The van der Waals surface area contributed by atoms with Gasteiger partial charge in [0.05, 0.1) is 35.6 Å². The molecule has 4 aromatic heterocycles. The van der Waals surface area contributed by atoms with Gasteiger partial charge in [0.25, 0.3) is 5.19 Å². The van der Waals surface area contributed by atoms with E-state index in [1.54, 1.807) is 38.9 Å². The second kappa shape index (κ2) is 13.0. The molecule has 0 radical (unpaired) electrons. The van der Waals surface area contributed by atoms with Crippen LogP contribution in [0.1, 0.15) is 51.6 Å². The highest BCUT2D eigenvalue weighted by atomic mass is 32.2. The highest BCUT2D eigenvalue weighted by Crippen LogP contribution is 2.43. The van der Waals surface area contributed by atoms with E-state index in [0.29, 0.717) is 30.5 Å². The van der Waals surface area contributed by atoms with Gasteiger partial charge < -0.3 is 19.1 Å². The van der Waals surface area contributed by atoms with Crippen LogP contribution in [0, 0.1) is 5.41 Å². The minimum atomic E-state index is -0.992. The Balaban J connectivity index is 1.39. The molecule has 0 aliphatic rings. The fourth-order valence-corrected chi connectivity index (χ4v) is 7.18. The maximum Gasteiger partial charge on any atom is 0.309 e. The number of hydrogen-bond donors (Lipinski definition) is 1. The Kier molecular flexibility index (Phi) is 9.00. The number of carboxylic acid groups (broad SMARTS) is 1. The molecule has 0 bridgehead atoms. The Bertz CT molecular complexity index is 2060. The summed E-state index contributed by atoms with van der Waals surface area (Å²) in [5, 5.41) is 14.8. The number of thiazole rings is 1. The van der Waals surface area contributed by atoms with Crippen LogP contribution in [0.3, 0.4) is 0 Å². The molecule has 6 aromatic rings. The van der Waals surface area contributed by atoms with Crippen LogP contribution in [-0.4, -0.2) is 42.5 Å². The van der Waals surface area contributed by atoms with Gasteiger partial charge in [-0.25, -0.2) is 15.0 Å². The zero-order chi connectivity index (χ0) is 33.3. The van der Waals surface area contributed by atoms with Gasteiger partial charge in [-0.15, -0.1) is 11.8 Å². The van der Waals surface area contributed by atoms with Gasteiger partial charge in [-0.1, -0.05) is 80.6 Å². The number of benzene rings is 2. The van der Waals surface area contributed by atoms with Crippen molar-refractivity contribution in [2.24, 2.45) is 5.41 Å². The van der Waals surface area contributed by atoms with Crippen LogP contribution in [0.5, 0.6) is 10.9 Å². The van der Waals surface area contributed by atoms with Gasteiger partial charge in [-0.05, 0) is 37.6 Å². The van der Waals surface area contributed by atoms with E-state index in [1.807, 2.05) is 41.8 Å². The lowest BCUT2D eigenvalue weighted by molar-refractivity contribution is -0.146. The van der Waals surface area contributed by atoms with Crippen molar-refractivity contribution >= 4 is 51.0 Å². The summed E-state index contributed by atoms with van der Waals surface area (Å²) in [7, 11) is 1.62. The van der Waals surface area contributed by atoms with Crippen molar-refractivity contribution < 1.29 is 19.4 Å². The number of fused-ring (bicyclic) bond motifs is 2. The van der Waals surface area contributed by atoms with E-state index in [0.717, 1.165) is 55.0 Å². The summed E-state index contributed by atoms with van der Waals surface area (Å²) >= 11 is 3.19. The number of ether oxygens (including phenoxy) is 2. The topological polar surface area (TPSA) is 99.4 Å². The maximum atomic E-state index is 12.4. The lowest BCUT2D eigenvalue weighted by atomic mass is 9.88. The number of aromatic nitrogens is 4. The molecule has 1 N–H and O–H groups in total. The van der Waals surface area contributed by atoms with Crippen molar-refractivity contribution in [3.8, 4) is 22.2 Å². The van der Waals surface area contributed by atoms with E-state index >= 15 is 0 Å². The number of carbonyl (C=O) groups is 1. The third-order valence-electron chi connectivity index (χ3n) is 7.82. The van der Waals surface area contributed by atoms with Crippen molar-refractivity contribution in [3.63, 3.8) is 0 Å². The Morgan fingerprint density at radius 2 is 1.77 bits per heavy atom. The maximum absolute atomic E-state index is 12.4. The number of para-hydroxylation sites is 1. The number of methoxy groups -OCH3 is 1. The number of hydrogen-bond acceptors (Lipinski definition) is 8. The summed E-state index contributed by atoms with van der Waals surface area (Å²) in [5.74, 6) is -0.212. The number of pyridine rings is 2. The summed E-state index contributed by atoms with van der Waals surface area (Å²) in [6.45, 7) is 10.9. The lowest BCUT2D eigenvalue weighted by Crippen LogP contribution is -2.28. The molecule has 47 heavy (non-hydrogen) atoms. The zero-order valence-electron chi connectivity index (χ0n) is 27.4. The SMILES string of the molecule is COc1nc(-c2ccc(Cn3c(CC(C)(C)C(=O)O)c(SC(C)(C)C)c4cc(OCc5ccc6ccccc6n5)cnc43)cc2)cs1. The summed E-state index contributed by atoms with van der Waals surface area (Å²) in [6, 6.07) is 22.4. The molecule has 6 rings (SSSR count). The van der Waals surface area contributed by atoms with Gasteiger partial charge in [0, 0.05) is 50.0 Å². The fourth-order valence-electron chi connectivity index (χ4n) is 5.36. The number of nitrogens with zero attached hydrogens (tertiary/aromatic N) is 4. The highest BCUT2D eigenvalue weighted by molar-refractivity contribution is 8.00. The second-order valence-corrected chi connectivity index (χ2v) is 15.8. The molecule has 0 saturated heterocycles. The van der Waals surface area contributed by atoms with Crippen LogP contribution in [0.25, 0.3) is 33.2 Å². The number of carboxylic acids is 1. The quantitative estimate of drug-likeness (QED) is 0.137. The fraction of sp³-hybridized carbons (Fsp3) is 0.297. The van der Waals surface area contributed by atoms with Crippen LogP contribution in [-0.2, 0) is 24.4 Å². The molecule has 0 amide bonds. The van der Waals surface area contributed by atoms with Gasteiger partial charge >= 0.3 is 5.97 Å². The van der Waals surface area contributed by atoms with E-state index in [1.165, 1.54) is 11.3 Å². The van der Waals surface area contributed by atoms with E-state index < -0.39 is 11.4 Å².